The summed E-state index contributed by atoms with van der Waals surface area (Å²) in [7, 11) is -3.72. The van der Waals surface area contributed by atoms with E-state index in [2.05, 4.69) is 19.2 Å². The van der Waals surface area contributed by atoms with Crippen molar-refractivity contribution in [2.45, 2.75) is 44.6 Å². The summed E-state index contributed by atoms with van der Waals surface area (Å²) in [6.45, 7) is 8.21. The van der Waals surface area contributed by atoms with Crippen LogP contribution < -0.4 is 11.1 Å². The number of carbonyl (C=O) groups excluding carboxylic acids is 1. The van der Waals surface area contributed by atoms with Gasteiger partial charge in [0.1, 0.15) is 0 Å². The summed E-state index contributed by atoms with van der Waals surface area (Å²) in [5.41, 5.74) is 6.55. The number of hydrogen-bond donors (Lipinski definition) is 2. The van der Waals surface area contributed by atoms with Crippen LogP contribution in [-0.2, 0) is 10.0 Å². The first kappa shape index (κ1) is 20.2. The summed E-state index contributed by atoms with van der Waals surface area (Å²) in [6.07, 6.45) is 3.45. The van der Waals surface area contributed by atoms with Crippen LogP contribution in [0.15, 0.2) is 47.6 Å². The lowest BCUT2D eigenvalue weighted by Crippen LogP contribution is -2.52. The molecule has 0 aliphatic heterocycles. The van der Waals surface area contributed by atoms with Crippen LogP contribution in [0.2, 0.25) is 0 Å². The Hall–Kier alpha value is -2.12. The Balaban J connectivity index is 2.23. The largest absolute Gasteiger partial charge is 0.346 e. The fourth-order valence-corrected chi connectivity index (χ4v) is 4.12. The highest BCUT2D eigenvalue weighted by Gasteiger charge is 2.27. The van der Waals surface area contributed by atoms with Gasteiger partial charge in [-0.1, -0.05) is 31.5 Å². The third-order valence-electron chi connectivity index (χ3n) is 4.25. The fraction of sp³-hybridized carbons (Fsp3) is 0.421. The van der Waals surface area contributed by atoms with E-state index in [1.807, 2.05) is 13.8 Å². The predicted octanol–water partition coefficient (Wildman–Crippen LogP) is 2.53. The topological polar surface area (TPSA) is 94.2 Å². The molecule has 0 aliphatic rings. The van der Waals surface area contributed by atoms with Crippen molar-refractivity contribution in [2.75, 3.05) is 6.54 Å². The van der Waals surface area contributed by atoms with Gasteiger partial charge in [-0.05, 0) is 44.4 Å². The second-order valence-electron chi connectivity index (χ2n) is 7.37. The second kappa shape index (κ2) is 7.63. The Morgan fingerprint density at radius 3 is 2.38 bits per heavy atom. The number of nitrogens with zero attached hydrogens (tertiary/aromatic N) is 1. The quantitative estimate of drug-likeness (QED) is 0.775. The van der Waals surface area contributed by atoms with Gasteiger partial charge in [-0.3, -0.25) is 4.79 Å². The van der Waals surface area contributed by atoms with E-state index in [0.29, 0.717) is 12.5 Å². The normalized spacial score (nSPS) is 14.2. The summed E-state index contributed by atoms with van der Waals surface area (Å²) in [5.74, 6) is 0.0341. The molecular formula is C19H27N3O3S. The summed E-state index contributed by atoms with van der Waals surface area (Å²) in [4.78, 5) is 12.7. The highest BCUT2D eigenvalue weighted by molar-refractivity contribution is 7.90. The maximum atomic E-state index is 12.7. The molecule has 26 heavy (non-hydrogen) atoms. The third kappa shape index (κ3) is 4.53. The van der Waals surface area contributed by atoms with E-state index < -0.39 is 15.6 Å². The average molecular weight is 378 g/mol. The van der Waals surface area contributed by atoms with E-state index in [0.717, 1.165) is 16.0 Å². The zero-order chi connectivity index (χ0) is 19.5. The maximum absolute atomic E-state index is 12.7. The number of nitrogens with two attached hydrogens (primary N) is 1. The molecule has 1 heterocycles. The minimum Gasteiger partial charge on any atom is -0.346 e. The molecule has 1 aromatic carbocycles. The molecule has 2 aromatic rings. The van der Waals surface area contributed by atoms with E-state index in [4.69, 9.17) is 5.73 Å². The molecule has 0 spiro atoms. The van der Waals surface area contributed by atoms with Gasteiger partial charge in [0, 0.05) is 24.5 Å². The zero-order valence-electron chi connectivity index (χ0n) is 15.7. The summed E-state index contributed by atoms with van der Waals surface area (Å²) in [6, 6.07) is 8.08. The Kier molecular flexibility index (Phi) is 5.93. The summed E-state index contributed by atoms with van der Waals surface area (Å²) < 4.78 is 26.4. The lowest BCUT2D eigenvalue weighted by molar-refractivity contribution is 0.0898. The summed E-state index contributed by atoms with van der Waals surface area (Å²) >= 11 is 0. The molecule has 7 heteroatoms. The number of nitrogens with one attached hydrogen (secondary N) is 1. The van der Waals surface area contributed by atoms with Crippen molar-refractivity contribution in [3.8, 4) is 0 Å². The van der Waals surface area contributed by atoms with Crippen molar-refractivity contribution in [1.82, 2.24) is 9.29 Å². The van der Waals surface area contributed by atoms with Gasteiger partial charge >= 0.3 is 0 Å². The third-order valence-corrected chi connectivity index (χ3v) is 5.90. The van der Waals surface area contributed by atoms with Crippen LogP contribution in [0.1, 0.15) is 43.1 Å². The Labute approximate surface area is 155 Å². The number of rotatable bonds is 7. The monoisotopic (exact) mass is 377 g/mol. The Bertz CT molecular complexity index is 870. The lowest BCUT2D eigenvalue weighted by Gasteiger charge is -2.31. The molecule has 2 rings (SSSR count). The van der Waals surface area contributed by atoms with Crippen molar-refractivity contribution in [1.29, 1.82) is 0 Å². The molecule has 1 unspecified atom stereocenters. The average Bonchev–Trinajstić information content (AvgIpc) is 3.05. The smallest absolute Gasteiger partial charge is 0.267 e. The minimum atomic E-state index is -3.72. The molecule has 0 saturated heterocycles. The van der Waals surface area contributed by atoms with Crippen molar-refractivity contribution < 1.29 is 13.2 Å². The number of amides is 1. The minimum absolute atomic E-state index is 0.178. The van der Waals surface area contributed by atoms with E-state index in [1.54, 1.807) is 24.3 Å². The van der Waals surface area contributed by atoms with E-state index >= 15 is 0 Å². The van der Waals surface area contributed by atoms with Crippen LogP contribution in [0.3, 0.4) is 0 Å². The first-order valence-electron chi connectivity index (χ1n) is 8.60. The molecule has 0 aliphatic carbocycles. The van der Waals surface area contributed by atoms with Crippen LogP contribution in [-0.4, -0.2) is 30.4 Å². The lowest BCUT2D eigenvalue weighted by atomic mass is 9.90. The molecule has 0 saturated carbocycles. The zero-order valence-corrected chi connectivity index (χ0v) is 16.5. The van der Waals surface area contributed by atoms with Gasteiger partial charge in [0.25, 0.3) is 15.9 Å². The molecule has 1 aromatic heterocycles. The number of carbonyl (C=O) groups is 1. The van der Waals surface area contributed by atoms with Gasteiger partial charge in [0.15, 0.2) is 0 Å². The summed E-state index contributed by atoms with van der Waals surface area (Å²) in [5, 5.41) is 2.93. The molecule has 3 N–H and O–H groups in total. The van der Waals surface area contributed by atoms with Crippen LogP contribution in [0.4, 0.5) is 0 Å². The van der Waals surface area contributed by atoms with Crippen LogP contribution in [0.5, 0.6) is 0 Å². The molecule has 142 valence electrons. The van der Waals surface area contributed by atoms with Gasteiger partial charge in [0.2, 0.25) is 0 Å². The van der Waals surface area contributed by atoms with E-state index in [1.165, 1.54) is 18.5 Å². The fourth-order valence-electron chi connectivity index (χ4n) is 2.93. The highest BCUT2D eigenvalue weighted by Crippen LogP contribution is 2.18. The number of aromatic nitrogens is 1. The molecular weight excluding hydrogens is 350 g/mol. The Morgan fingerprint density at radius 1 is 1.23 bits per heavy atom. The first-order chi connectivity index (χ1) is 12.1. The maximum Gasteiger partial charge on any atom is 0.267 e. The van der Waals surface area contributed by atoms with Crippen molar-refractivity contribution >= 4 is 15.9 Å². The number of hydrogen-bond acceptors (Lipinski definition) is 4. The van der Waals surface area contributed by atoms with Crippen LogP contribution in [0.25, 0.3) is 0 Å². The van der Waals surface area contributed by atoms with Gasteiger partial charge in [0.05, 0.1) is 10.5 Å². The molecule has 0 bridgehead atoms. The molecule has 6 nitrogen and oxygen atoms in total. The van der Waals surface area contributed by atoms with Crippen molar-refractivity contribution in [2.24, 2.45) is 11.7 Å². The molecule has 1 amide bonds. The Morgan fingerprint density at radius 2 is 1.85 bits per heavy atom. The SMILES string of the molecule is Cc1ccc(S(=O)(=O)n2ccc(C(=O)NC(C)(CN)CC(C)C)c2)cc1. The second-order valence-corrected chi connectivity index (χ2v) is 9.21. The van der Waals surface area contributed by atoms with Crippen molar-refractivity contribution in [3.05, 3.63) is 53.9 Å². The number of benzene rings is 1. The first-order valence-corrected chi connectivity index (χ1v) is 10.0. The van der Waals surface area contributed by atoms with Gasteiger partial charge in [-0.25, -0.2) is 12.4 Å². The predicted molar refractivity (Wildman–Crippen MR) is 103 cm³/mol. The standard InChI is InChI=1S/C19H27N3O3S/c1-14(2)11-19(4,13-20)21-18(23)16-9-10-22(12-16)26(24,25)17-7-5-15(3)6-8-17/h5-10,12,14H,11,13,20H2,1-4H3,(H,21,23). The van der Waals surface area contributed by atoms with E-state index in [-0.39, 0.29) is 16.4 Å². The van der Waals surface area contributed by atoms with Gasteiger partial charge in [-0.15, -0.1) is 0 Å². The molecule has 0 fully saturated rings. The van der Waals surface area contributed by atoms with E-state index in [9.17, 15) is 13.2 Å². The molecule has 1 atom stereocenters. The van der Waals surface area contributed by atoms with Crippen LogP contribution >= 0.6 is 0 Å². The van der Waals surface area contributed by atoms with Crippen molar-refractivity contribution in [3.63, 3.8) is 0 Å². The molecule has 0 radical (unpaired) electrons. The van der Waals surface area contributed by atoms with Gasteiger partial charge in [-0.2, -0.15) is 0 Å². The van der Waals surface area contributed by atoms with Crippen LogP contribution in [0, 0.1) is 12.8 Å². The van der Waals surface area contributed by atoms with Gasteiger partial charge < -0.3 is 11.1 Å². The number of aryl methyl sites for hydroxylation is 1. The highest BCUT2D eigenvalue weighted by atomic mass is 32.2.